The second-order valence-corrected chi connectivity index (χ2v) is 6.16. The van der Waals surface area contributed by atoms with Crippen LogP contribution in [0.3, 0.4) is 0 Å². The van der Waals surface area contributed by atoms with Gasteiger partial charge in [0.1, 0.15) is 0 Å². The van der Waals surface area contributed by atoms with Crippen LogP contribution in [0.15, 0.2) is 29.4 Å². The Kier molecular flexibility index (Phi) is 5.38. The van der Waals surface area contributed by atoms with E-state index in [9.17, 15) is 9.59 Å². The summed E-state index contributed by atoms with van der Waals surface area (Å²) in [6.45, 7) is 3.77. The molecule has 2 rings (SSSR count). The number of nitrogens with two attached hydrogens (primary N) is 1. The van der Waals surface area contributed by atoms with Crippen LogP contribution < -0.4 is 11.1 Å². The molecule has 122 valence electrons. The van der Waals surface area contributed by atoms with E-state index in [4.69, 9.17) is 5.73 Å². The summed E-state index contributed by atoms with van der Waals surface area (Å²) >= 11 is 1.21. The van der Waals surface area contributed by atoms with Crippen molar-refractivity contribution in [2.45, 2.75) is 25.0 Å². The van der Waals surface area contributed by atoms with E-state index < -0.39 is 5.91 Å². The molecule has 1 heterocycles. The summed E-state index contributed by atoms with van der Waals surface area (Å²) in [5, 5.41) is 11.6. The molecule has 0 saturated heterocycles. The predicted molar refractivity (Wildman–Crippen MR) is 88.0 cm³/mol. The van der Waals surface area contributed by atoms with E-state index in [0.29, 0.717) is 16.5 Å². The summed E-state index contributed by atoms with van der Waals surface area (Å²) in [6, 6.07) is 7.05. The molecular formula is C15H19N5O2S. The van der Waals surface area contributed by atoms with E-state index in [0.717, 1.165) is 5.56 Å². The Labute approximate surface area is 138 Å². The van der Waals surface area contributed by atoms with Crippen LogP contribution in [-0.4, -0.2) is 32.3 Å². The molecule has 7 nitrogen and oxygen atoms in total. The van der Waals surface area contributed by atoms with E-state index in [1.807, 2.05) is 32.0 Å². The Hall–Kier alpha value is -2.35. The summed E-state index contributed by atoms with van der Waals surface area (Å²) in [5.41, 5.74) is 6.75. The van der Waals surface area contributed by atoms with Crippen LogP contribution >= 0.6 is 11.8 Å². The smallest absolute Gasteiger partial charge is 0.251 e. The van der Waals surface area contributed by atoms with Crippen molar-refractivity contribution in [1.82, 2.24) is 20.1 Å². The first-order valence-electron chi connectivity index (χ1n) is 7.06. The fraction of sp³-hybridized carbons (Fsp3) is 0.333. The number of thioether (sulfide) groups is 1. The topological polar surface area (TPSA) is 103 Å². The van der Waals surface area contributed by atoms with E-state index in [1.165, 1.54) is 11.8 Å². The summed E-state index contributed by atoms with van der Waals surface area (Å²) < 4.78 is 1.74. The van der Waals surface area contributed by atoms with Gasteiger partial charge in [0.2, 0.25) is 5.91 Å². The van der Waals surface area contributed by atoms with Crippen LogP contribution in [0.2, 0.25) is 0 Å². The lowest BCUT2D eigenvalue weighted by molar-refractivity contribution is -0.115. The number of aromatic nitrogens is 3. The Morgan fingerprint density at radius 1 is 1.39 bits per heavy atom. The first-order valence-corrected chi connectivity index (χ1v) is 8.05. The second kappa shape index (κ2) is 7.28. The van der Waals surface area contributed by atoms with Crippen LogP contribution in [0, 0.1) is 6.92 Å². The minimum atomic E-state index is -0.416. The highest BCUT2D eigenvalue weighted by Gasteiger charge is 2.18. The number of primary amides is 1. The van der Waals surface area contributed by atoms with Gasteiger partial charge in [-0.3, -0.25) is 9.59 Å². The van der Waals surface area contributed by atoms with Gasteiger partial charge in [0.15, 0.2) is 11.0 Å². The van der Waals surface area contributed by atoms with E-state index in [1.54, 1.807) is 17.7 Å². The molecule has 1 aromatic heterocycles. The van der Waals surface area contributed by atoms with Crippen molar-refractivity contribution in [3.05, 3.63) is 41.2 Å². The lowest BCUT2D eigenvalue weighted by atomic mass is 10.1. The fourth-order valence-electron chi connectivity index (χ4n) is 2.10. The zero-order valence-corrected chi connectivity index (χ0v) is 14.1. The molecule has 0 saturated carbocycles. The van der Waals surface area contributed by atoms with E-state index >= 15 is 0 Å². The summed E-state index contributed by atoms with van der Waals surface area (Å²) in [7, 11) is 1.79. The minimum absolute atomic E-state index is 0.135. The summed E-state index contributed by atoms with van der Waals surface area (Å²) in [4.78, 5) is 23.1. The maximum atomic E-state index is 12.3. The molecule has 2 amide bonds. The van der Waals surface area contributed by atoms with Gasteiger partial charge in [-0.2, -0.15) is 0 Å². The number of amides is 2. The van der Waals surface area contributed by atoms with E-state index in [2.05, 4.69) is 15.5 Å². The SMILES string of the molecule is Cc1cccc(C(=O)N[C@@H](C)c2nnc(SCC(N)=O)n2C)c1. The van der Waals surface area contributed by atoms with Crippen LogP contribution in [0.4, 0.5) is 0 Å². The second-order valence-electron chi connectivity index (χ2n) is 5.22. The highest BCUT2D eigenvalue weighted by molar-refractivity contribution is 7.99. The largest absolute Gasteiger partial charge is 0.369 e. The summed E-state index contributed by atoms with van der Waals surface area (Å²) in [6.07, 6.45) is 0. The molecule has 0 aliphatic heterocycles. The number of nitrogens with one attached hydrogen (secondary N) is 1. The molecular weight excluding hydrogens is 314 g/mol. The van der Waals surface area contributed by atoms with Crippen molar-refractivity contribution in [2.75, 3.05) is 5.75 Å². The zero-order chi connectivity index (χ0) is 17.0. The van der Waals surface area contributed by atoms with Gasteiger partial charge in [-0.1, -0.05) is 29.5 Å². The lowest BCUT2D eigenvalue weighted by Crippen LogP contribution is -2.28. The first kappa shape index (κ1) is 17.0. The zero-order valence-electron chi connectivity index (χ0n) is 13.2. The molecule has 0 radical (unpaired) electrons. The maximum absolute atomic E-state index is 12.3. The molecule has 8 heteroatoms. The molecule has 1 aromatic carbocycles. The van der Waals surface area contributed by atoms with Gasteiger partial charge >= 0.3 is 0 Å². The molecule has 2 aromatic rings. The van der Waals surface area contributed by atoms with Crippen molar-refractivity contribution in [3.63, 3.8) is 0 Å². The average Bonchev–Trinajstić information content (AvgIpc) is 2.86. The average molecular weight is 333 g/mol. The van der Waals surface area contributed by atoms with Gasteiger partial charge in [-0.15, -0.1) is 10.2 Å². The molecule has 0 bridgehead atoms. The van der Waals surface area contributed by atoms with Crippen molar-refractivity contribution in [1.29, 1.82) is 0 Å². The first-order chi connectivity index (χ1) is 10.9. The molecule has 0 unspecified atom stereocenters. The van der Waals surface area contributed by atoms with Crippen LogP contribution in [0.25, 0.3) is 0 Å². The van der Waals surface area contributed by atoms with Crippen molar-refractivity contribution in [2.24, 2.45) is 12.8 Å². The number of hydrogen-bond acceptors (Lipinski definition) is 5. The maximum Gasteiger partial charge on any atom is 0.251 e. The van der Waals surface area contributed by atoms with Crippen molar-refractivity contribution in [3.8, 4) is 0 Å². The van der Waals surface area contributed by atoms with Crippen molar-refractivity contribution >= 4 is 23.6 Å². The molecule has 0 spiro atoms. The molecule has 1 atom stereocenters. The highest BCUT2D eigenvalue weighted by Crippen LogP contribution is 2.19. The normalized spacial score (nSPS) is 12.0. The quantitative estimate of drug-likeness (QED) is 0.773. The minimum Gasteiger partial charge on any atom is -0.369 e. The number of carbonyl (C=O) groups excluding carboxylic acids is 2. The molecule has 3 N–H and O–H groups in total. The monoisotopic (exact) mass is 333 g/mol. The number of nitrogens with zero attached hydrogens (tertiary/aromatic N) is 3. The molecule has 0 aliphatic carbocycles. The van der Waals surface area contributed by atoms with Gasteiger partial charge in [-0.25, -0.2) is 0 Å². The highest BCUT2D eigenvalue weighted by atomic mass is 32.2. The number of benzene rings is 1. The van der Waals surface area contributed by atoms with Gasteiger partial charge in [-0.05, 0) is 26.0 Å². The summed E-state index contributed by atoms with van der Waals surface area (Å²) in [5.74, 6) is 0.157. The number of rotatable bonds is 6. The Balaban J connectivity index is 2.07. The Bertz CT molecular complexity index is 728. The molecule has 0 aliphatic rings. The lowest BCUT2D eigenvalue weighted by Gasteiger charge is -2.13. The third kappa shape index (κ3) is 4.32. The number of aryl methyl sites for hydroxylation is 1. The predicted octanol–water partition coefficient (Wildman–Crippen LogP) is 1.19. The van der Waals surface area contributed by atoms with Crippen LogP contribution in [0.1, 0.15) is 34.7 Å². The van der Waals surface area contributed by atoms with Crippen LogP contribution in [0.5, 0.6) is 0 Å². The van der Waals surface area contributed by atoms with Gasteiger partial charge in [0.25, 0.3) is 5.91 Å². The Morgan fingerprint density at radius 3 is 2.78 bits per heavy atom. The molecule has 23 heavy (non-hydrogen) atoms. The van der Waals surface area contributed by atoms with Gasteiger partial charge in [0, 0.05) is 12.6 Å². The Morgan fingerprint density at radius 2 is 2.13 bits per heavy atom. The third-order valence-electron chi connectivity index (χ3n) is 3.23. The van der Waals surface area contributed by atoms with Gasteiger partial charge < -0.3 is 15.6 Å². The number of carbonyl (C=O) groups is 2. The van der Waals surface area contributed by atoms with Crippen LogP contribution in [-0.2, 0) is 11.8 Å². The standard InChI is InChI=1S/C15H19N5O2S/c1-9-5-4-6-11(7-9)14(22)17-10(2)13-18-19-15(20(13)3)23-8-12(16)21/h4-7,10H,8H2,1-3H3,(H2,16,21)(H,17,22)/t10-/m0/s1. The molecule has 0 fully saturated rings. The number of hydrogen-bond donors (Lipinski definition) is 2. The third-order valence-corrected chi connectivity index (χ3v) is 4.27. The van der Waals surface area contributed by atoms with E-state index in [-0.39, 0.29) is 17.7 Å². The van der Waals surface area contributed by atoms with Gasteiger partial charge in [0.05, 0.1) is 11.8 Å². The fourth-order valence-corrected chi connectivity index (χ4v) is 2.75. The van der Waals surface area contributed by atoms with Crippen molar-refractivity contribution < 1.29 is 9.59 Å².